The lowest BCUT2D eigenvalue weighted by atomic mass is 10.0. The summed E-state index contributed by atoms with van der Waals surface area (Å²) in [5.41, 5.74) is 8.54. The smallest absolute Gasteiger partial charge is 0.274 e. The summed E-state index contributed by atoms with van der Waals surface area (Å²) in [6.07, 6.45) is 1.56. The second kappa shape index (κ2) is 10.7. The summed E-state index contributed by atoms with van der Waals surface area (Å²) in [7, 11) is 1.76. The predicted molar refractivity (Wildman–Crippen MR) is 139 cm³/mol. The number of carbonyl (C=O) groups excluding carboxylic acids is 2. The Morgan fingerprint density at radius 1 is 1.03 bits per heavy atom. The van der Waals surface area contributed by atoms with Crippen LogP contribution in [0.4, 0.5) is 5.69 Å². The molecule has 35 heavy (non-hydrogen) atoms. The van der Waals surface area contributed by atoms with E-state index >= 15 is 0 Å². The zero-order valence-corrected chi connectivity index (χ0v) is 20.5. The van der Waals surface area contributed by atoms with E-state index in [1.807, 2.05) is 30.3 Å². The third kappa shape index (κ3) is 5.71. The van der Waals surface area contributed by atoms with Crippen molar-refractivity contribution in [3.8, 4) is 5.82 Å². The molecule has 0 radical (unpaired) electrons. The number of benzene rings is 2. The van der Waals surface area contributed by atoms with Gasteiger partial charge >= 0.3 is 0 Å². The van der Waals surface area contributed by atoms with Crippen LogP contribution in [-0.2, 0) is 6.54 Å². The van der Waals surface area contributed by atoms with Crippen molar-refractivity contribution in [2.45, 2.75) is 13.5 Å². The van der Waals surface area contributed by atoms with Crippen LogP contribution in [0.15, 0.2) is 66.9 Å². The van der Waals surface area contributed by atoms with Crippen LogP contribution in [0.2, 0.25) is 10.0 Å². The SMILES string of the molecule is Bc1cc(C(=O)Nc2c(C)cc(Cl)cc2C(=O)NNCc2ccccc2)n(-c2ncccc2Cl)n1. The number of anilines is 1. The first-order valence-corrected chi connectivity index (χ1v) is 11.4. The molecule has 3 N–H and O–H groups in total. The number of hydrogen-bond acceptors (Lipinski definition) is 5. The number of nitrogens with zero attached hydrogens (tertiary/aromatic N) is 3. The average molecular weight is 507 g/mol. The normalized spacial score (nSPS) is 10.7. The summed E-state index contributed by atoms with van der Waals surface area (Å²) in [6, 6.07) is 17.8. The lowest BCUT2D eigenvalue weighted by Gasteiger charge is -2.16. The van der Waals surface area contributed by atoms with E-state index in [0.717, 1.165) is 5.56 Å². The first-order chi connectivity index (χ1) is 16.8. The Morgan fingerprint density at radius 3 is 2.54 bits per heavy atom. The molecule has 11 heteroatoms. The lowest BCUT2D eigenvalue weighted by molar-refractivity contribution is 0.0933. The van der Waals surface area contributed by atoms with E-state index in [2.05, 4.69) is 26.3 Å². The summed E-state index contributed by atoms with van der Waals surface area (Å²) >= 11 is 12.5. The van der Waals surface area contributed by atoms with Crippen LogP contribution in [0.5, 0.6) is 0 Å². The quantitative estimate of drug-likeness (QED) is 0.264. The van der Waals surface area contributed by atoms with Gasteiger partial charge in [0.25, 0.3) is 11.8 Å². The summed E-state index contributed by atoms with van der Waals surface area (Å²) in [4.78, 5) is 30.6. The molecule has 0 aliphatic rings. The highest BCUT2D eigenvalue weighted by Crippen LogP contribution is 2.27. The Labute approximate surface area is 213 Å². The third-order valence-corrected chi connectivity index (χ3v) is 5.64. The first-order valence-electron chi connectivity index (χ1n) is 10.7. The number of carbonyl (C=O) groups is 2. The maximum absolute atomic E-state index is 13.3. The molecule has 2 aromatic heterocycles. The van der Waals surface area contributed by atoms with Gasteiger partial charge in [0.1, 0.15) is 5.69 Å². The van der Waals surface area contributed by atoms with Gasteiger partial charge in [-0.15, -0.1) is 0 Å². The number of hydrazine groups is 1. The maximum atomic E-state index is 13.3. The van der Waals surface area contributed by atoms with E-state index in [4.69, 9.17) is 23.2 Å². The highest BCUT2D eigenvalue weighted by atomic mass is 35.5. The highest BCUT2D eigenvalue weighted by molar-refractivity contribution is 6.33. The zero-order valence-electron chi connectivity index (χ0n) is 19.0. The monoisotopic (exact) mass is 506 g/mol. The molecule has 2 aromatic carbocycles. The number of aryl methyl sites for hydroxylation is 1. The molecule has 2 amide bonds. The molecule has 0 atom stereocenters. The number of hydrogen-bond donors (Lipinski definition) is 3. The van der Waals surface area contributed by atoms with Crippen LogP contribution in [0, 0.1) is 6.92 Å². The van der Waals surface area contributed by atoms with E-state index in [0.29, 0.717) is 39.3 Å². The minimum absolute atomic E-state index is 0.211. The molecule has 2 heterocycles. The van der Waals surface area contributed by atoms with Crippen LogP contribution in [0.25, 0.3) is 5.82 Å². The second-order valence-corrected chi connectivity index (χ2v) is 8.63. The van der Waals surface area contributed by atoms with E-state index in [1.54, 1.807) is 45.2 Å². The maximum Gasteiger partial charge on any atom is 0.274 e. The molecule has 176 valence electrons. The Balaban J connectivity index is 1.59. The zero-order chi connectivity index (χ0) is 24.9. The van der Waals surface area contributed by atoms with Gasteiger partial charge in [-0.3, -0.25) is 15.0 Å². The summed E-state index contributed by atoms with van der Waals surface area (Å²) in [5, 5.41) is 7.92. The highest BCUT2D eigenvalue weighted by Gasteiger charge is 2.22. The van der Waals surface area contributed by atoms with Gasteiger partial charge in [-0.1, -0.05) is 53.5 Å². The Morgan fingerprint density at radius 2 is 1.80 bits per heavy atom. The minimum atomic E-state index is -0.482. The third-order valence-electron chi connectivity index (χ3n) is 5.12. The van der Waals surface area contributed by atoms with Gasteiger partial charge in [0, 0.05) is 23.4 Å². The van der Waals surface area contributed by atoms with Gasteiger partial charge in [-0.2, -0.15) is 5.10 Å². The number of nitrogens with one attached hydrogen (secondary N) is 3. The fraction of sp³-hybridized carbons (Fsp3) is 0.0833. The molecule has 0 unspecified atom stereocenters. The van der Waals surface area contributed by atoms with Crippen LogP contribution in [-0.4, -0.2) is 34.4 Å². The minimum Gasteiger partial charge on any atom is -0.320 e. The van der Waals surface area contributed by atoms with Gasteiger partial charge in [0.2, 0.25) is 0 Å². The molecular weight excluding hydrogens is 486 g/mol. The fourth-order valence-electron chi connectivity index (χ4n) is 3.51. The van der Waals surface area contributed by atoms with Crippen LogP contribution in [0.3, 0.4) is 0 Å². The van der Waals surface area contributed by atoms with Gasteiger partial charge in [-0.25, -0.2) is 15.1 Å². The molecule has 4 rings (SSSR count). The molecule has 0 spiro atoms. The van der Waals surface area contributed by atoms with Crippen LogP contribution >= 0.6 is 23.2 Å². The number of aromatic nitrogens is 3. The standard InChI is InChI=1S/C24H21BCl2N6O2/c1-14-10-16(26)11-17(23(34)31-29-13-15-6-3-2-4-7-15)21(14)30-24(35)19-12-20(25)32-33(19)22-18(27)8-5-9-28-22/h2-12,29H,13,25H2,1H3,(H,30,35)(H,31,34). The van der Waals surface area contributed by atoms with Crippen molar-refractivity contribution in [3.05, 3.63) is 99.3 Å². The molecule has 8 nitrogen and oxygen atoms in total. The fourth-order valence-corrected chi connectivity index (χ4v) is 3.99. The molecule has 0 fully saturated rings. The van der Waals surface area contributed by atoms with Crippen molar-refractivity contribution in [1.82, 2.24) is 25.6 Å². The summed E-state index contributed by atoms with van der Waals surface area (Å²) in [5.74, 6) is -0.605. The largest absolute Gasteiger partial charge is 0.320 e. The van der Waals surface area contributed by atoms with Crippen LogP contribution < -0.4 is 21.8 Å². The van der Waals surface area contributed by atoms with Gasteiger partial charge in [0.15, 0.2) is 13.7 Å². The van der Waals surface area contributed by atoms with Gasteiger partial charge in [-0.05, 0) is 48.4 Å². The van der Waals surface area contributed by atoms with Crippen LogP contribution in [0.1, 0.15) is 32.0 Å². The summed E-state index contributed by atoms with van der Waals surface area (Å²) < 4.78 is 1.37. The molecule has 4 aromatic rings. The Kier molecular flexibility index (Phi) is 7.50. The number of amides is 2. The average Bonchev–Trinajstić information content (AvgIpc) is 3.23. The predicted octanol–water partition coefficient (Wildman–Crippen LogP) is 2.83. The van der Waals surface area contributed by atoms with Crippen molar-refractivity contribution in [2.24, 2.45) is 0 Å². The van der Waals surface area contributed by atoms with Gasteiger partial charge < -0.3 is 5.32 Å². The number of halogens is 2. The van der Waals surface area contributed by atoms with E-state index in [1.165, 1.54) is 10.7 Å². The molecule has 0 saturated heterocycles. The topological polar surface area (TPSA) is 101 Å². The number of rotatable bonds is 7. The molecule has 0 saturated carbocycles. The van der Waals surface area contributed by atoms with Gasteiger partial charge in [0.05, 0.1) is 16.3 Å². The molecule has 0 aliphatic carbocycles. The Hall–Kier alpha value is -3.66. The lowest BCUT2D eigenvalue weighted by Crippen LogP contribution is -2.37. The van der Waals surface area contributed by atoms with Crippen molar-refractivity contribution in [1.29, 1.82) is 0 Å². The molecule has 0 aliphatic heterocycles. The molecule has 0 bridgehead atoms. The second-order valence-electron chi connectivity index (χ2n) is 7.78. The van der Waals surface area contributed by atoms with Crippen molar-refractivity contribution >= 4 is 54.1 Å². The van der Waals surface area contributed by atoms with E-state index < -0.39 is 11.8 Å². The van der Waals surface area contributed by atoms with E-state index in [-0.39, 0.29) is 11.3 Å². The Bertz CT molecular complexity index is 1390. The number of pyridine rings is 1. The first kappa shape index (κ1) is 24.5. The summed E-state index contributed by atoms with van der Waals surface area (Å²) in [6.45, 7) is 2.19. The van der Waals surface area contributed by atoms with Crippen molar-refractivity contribution in [3.63, 3.8) is 0 Å². The van der Waals surface area contributed by atoms with E-state index in [9.17, 15) is 9.59 Å². The van der Waals surface area contributed by atoms with Crippen molar-refractivity contribution in [2.75, 3.05) is 5.32 Å². The van der Waals surface area contributed by atoms with Crippen molar-refractivity contribution < 1.29 is 9.59 Å². The molecular formula is C24H21BCl2N6O2.